The first-order chi connectivity index (χ1) is 9.58. The van der Waals surface area contributed by atoms with Crippen LogP contribution in [0.25, 0.3) is 0 Å². The van der Waals surface area contributed by atoms with Crippen LogP contribution in [0.2, 0.25) is 0 Å². The van der Waals surface area contributed by atoms with Gasteiger partial charge in [0.1, 0.15) is 4.88 Å². The van der Waals surface area contributed by atoms with Gasteiger partial charge >= 0.3 is 11.0 Å². The monoisotopic (exact) mass is 291 g/mol. The maximum absolute atomic E-state index is 11.7. The first-order valence-corrected chi connectivity index (χ1v) is 6.39. The van der Waals surface area contributed by atoms with Crippen molar-refractivity contribution in [3.8, 4) is 0 Å². The number of benzene rings is 1. The van der Waals surface area contributed by atoms with Crippen LogP contribution in [0, 0.1) is 10.1 Å². The zero-order valence-electron chi connectivity index (χ0n) is 10.1. The zero-order valence-corrected chi connectivity index (χ0v) is 11.0. The molecular weight excluding hydrogens is 282 g/mol. The SMILES string of the molecule is O=C(COC(=O)c1ccc([N+](=O)[O-])s1)c1ccccc1. The quantitative estimate of drug-likeness (QED) is 0.366. The molecule has 0 amide bonds. The molecule has 1 aromatic carbocycles. The second kappa shape index (κ2) is 6.07. The van der Waals surface area contributed by atoms with E-state index in [1.165, 1.54) is 12.1 Å². The Bertz CT molecular complexity index is 650. The van der Waals surface area contributed by atoms with E-state index < -0.39 is 17.5 Å². The zero-order chi connectivity index (χ0) is 14.5. The van der Waals surface area contributed by atoms with E-state index in [0.717, 1.165) is 0 Å². The number of ketones is 1. The molecule has 0 bridgehead atoms. The molecule has 0 aliphatic heterocycles. The number of Topliss-reactive ketones (excluding diaryl/α,β-unsaturated/α-hetero) is 1. The number of thiophene rings is 1. The van der Waals surface area contributed by atoms with E-state index in [9.17, 15) is 19.7 Å². The Labute approximate surface area is 117 Å². The molecule has 0 unspecified atom stereocenters. The molecule has 0 fully saturated rings. The van der Waals surface area contributed by atoms with Crippen molar-refractivity contribution in [2.24, 2.45) is 0 Å². The molecule has 2 aromatic rings. The Morgan fingerprint density at radius 1 is 1.15 bits per heavy atom. The van der Waals surface area contributed by atoms with Crippen molar-refractivity contribution in [1.82, 2.24) is 0 Å². The van der Waals surface area contributed by atoms with Gasteiger partial charge in [-0.1, -0.05) is 41.7 Å². The summed E-state index contributed by atoms with van der Waals surface area (Å²) in [5.74, 6) is -1.07. The fraction of sp³-hybridized carbons (Fsp3) is 0.0769. The van der Waals surface area contributed by atoms with Crippen LogP contribution >= 0.6 is 11.3 Å². The average molecular weight is 291 g/mol. The maximum atomic E-state index is 11.7. The van der Waals surface area contributed by atoms with Gasteiger partial charge in [-0.15, -0.1) is 0 Å². The van der Waals surface area contributed by atoms with Crippen LogP contribution < -0.4 is 0 Å². The Balaban J connectivity index is 1.95. The summed E-state index contributed by atoms with van der Waals surface area (Å²) in [6, 6.07) is 10.9. The molecule has 0 aliphatic carbocycles. The second-order valence-electron chi connectivity index (χ2n) is 3.76. The summed E-state index contributed by atoms with van der Waals surface area (Å²) in [5.41, 5.74) is 0.442. The molecule has 7 heteroatoms. The highest BCUT2D eigenvalue weighted by Gasteiger charge is 2.17. The fourth-order valence-corrected chi connectivity index (χ4v) is 2.16. The van der Waals surface area contributed by atoms with Crippen LogP contribution in [0.15, 0.2) is 42.5 Å². The summed E-state index contributed by atoms with van der Waals surface area (Å²) in [7, 11) is 0. The summed E-state index contributed by atoms with van der Waals surface area (Å²) in [6.07, 6.45) is 0. The molecule has 0 radical (unpaired) electrons. The highest BCUT2D eigenvalue weighted by Crippen LogP contribution is 2.24. The van der Waals surface area contributed by atoms with E-state index in [4.69, 9.17) is 4.74 Å². The molecule has 0 saturated carbocycles. The number of ether oxygens (including phenoxy) is 1. The van der Waals surface area contributed by atoms with Gasteiger partial charge in [-0.25, -0.2) is 4.79 Å². The van der Waals surface area contributed by atoms with Gasteiger partial charge in [0.05, 0.1) is 4.92 Å². The summed E-state index contributed by atoms with van der Waals surface area (Å²) < 4.78 is 4.84. The Morgan fingerprint density at radius 3 is 2.45 bits per heavy atom. The number of carbonyl (C=O) groups is 2. The average Bonchev–Trinajstić information content (AvgIpc) is 2.95. The van der Waals surface area contributed by atoms with Crippen molar-refractivity contribution in [2.75, 3.05) is 6.61 Å². The van der Waals surface area contributed by atoms with Crippen molar-refractivity contribution in [2.45, 2.75) is 0 Å². The van der Waals surface area contributed by atoms with Crippen molar-refractivity contribution in [1.29, 1.82) is 0 Å². The van der Waals surface area contributed by atoms with Gasteiger partial charge in [-0.2, -0.15) is 0 Å². The highest BCUT2D eigenvalue weighted by atomic mass is 32.1. The fourth-order valence-electron chi connectivity index (χ4n) is 1.45. The Morgan fingerprint density at radius 2 is 1.85 bits per heavy atom. The molecule has 0 N–H and O–H groups in total. The summed E-state index contributed by atoms with van der Waals surface area (Å²) >= 11 is 0.712. The first kappa shape index (κ1) is 13.9. The second-order valence-corrected chi connectivity index (χ2v) is 4.82. The summed E-state index contributed by atoms with van der Waals surface area (Å²) in [6.45, 7) is -0.394. The first-order valence-electron chi connectivity index (χ1n) is 5.57. The number of rotatable bonds is 5. The smallest absolute Gasteiger partial charge is 0.349 e. The number of carbonyl (C=O) groups excluding carboxylic acids is 2. The molecule has 20 heavy (non-hydrogen) atoms. The van der Waals surface area contributed by atoms with Crippen molar-refractivity contribution in [3.63, 3.8) is 0 Å². The lowest BCUT2D eigenvalue weighted by Gasteiger charge is -2.02. The molecule has 0 spiro atoms. The van der Waals surface area contributed by atoms with Crippen molar-refractivity contribution >= 4 is 28.1 Å². The molecule has 0 aliphatic rings. The minimum Gasteiger partial charge on any atom is -0.453 e. The number of nitro groups is 1. The van der Waals surface area contributed by atoms with Crippen LogP contribution in [0.5, 0.6) is 0 Å². The highest BCUT2D eigenvalue weighted by molar-refractivity contribution is 7.17. The van der Waals surface area contributed by atoms with E-state index in [2.05, 4.69) is 0 Å². The molecule has 0 atom stereocenters. The number of hydrogen-bond acceptors (Lipinski definition) is 6. The lowest BCUT2D eigenvalue weighted by Crippen LogP contribution is -2.13. The number of esters is 1. The van der Waals surface area contributed by atoms with Crippen LogP contribution in [-0.2, 0) is 4.74 Å². The molecule has 0 saturated heterocycles. The Hall–Kier alpha value is -2.54. The van der Waals surface area contributed by atoms with E-state index in [-0.39, 0.29) is 15.7 Å². The van der Waals surface area contributed by atoms with Gasteiger partial charge < -0.3 is 4.74 Å². The van der Waals surface area contributed by atoms with Crippen molar-refractivity contribution in [3.05, 3.63) is 63.0 Å². The van der Waals surface area contributed by atoms with Gasteiger partial charge in [0, 0.05) is 11.6 Å². The lowest BCUT2D eigenvalue weighted by atomic mass is 10.1. The van der Waals surface area contributed by atoms with Gasteiger partial charge in [-0.3, -0.25) is 14.9 Å². The van der Waals surface area contributed by atoms with E-state index in [1.807, 2.05) is 0 Å². The van der Waals surface area contributed by atoms with Crippen molar-refractivity contribution < 1.29 is 19.2 Å². The van der Waals surface area contributed by atoms with E-state index in [0.29, 0.717) is 16.9 Å². The minimum absolute atomic E-state index is 0.0950. The third-order valence-corrected chi connectivity index (χ3v) is 3.42. The number of hydrogen-bond donors (Lipinski definition) is 0. The minimum atomic E-state index is -0.743. The normalized spacial score (nSPS) is 10.0. The predicted octanol–water partition coefficient (Wildman–Crippen LogP) is 2.70. The van der Waals surface area contributed by atoms with E-state index >= 15 is 0 Å². The maximum Gasteiger partial charge on any atom is 0.349 e. The largest absolute Gasteiger partial charge is 0.453 e. The summed E-state index contributed by atoms with van der Waals surface area (Å²) in [5, 5.41) is 10.4. The van der Waals surface area contributed by atoms with Gasteiger partial charge in [0.25, 0.3) is 0 Å². The molecule has 2 rings (SSSR count). The lowest BCUT2D eigenvalue weighted by molar-refractivity contribution is -0.380. The third kappa shape index (κ3) is 3.27. The van der Waals surface area contributed by atoms with Gasteiger partial charge in [0.2, 0.25) is 0 Å². The van der Waals surface area contributed by atoms with Crippen LogP contribution in [-0.4, -0.2) is 23.3 Å². The molecule has 102 valence electrons. The van der Waals surface area contributed by atoms with Gasteiger partial charge in [-0.05, 0) is 6.07 Å². The van der Waals surface area contributed by atoms with Crippen LogP contribution in [0.3, 0.4) is 0 Å². The van der Waals surface area contributed by atoms with Crippen LogP contribution in [0.1, 0.15) is 20.0 Å². The predicted molar refractivity (Wildman–Crippen MR) is 72.0 cm³/mol. The summed E-state index contributed by atoms with van der Waals surface area (Å²) in [4.78, 5) is 33.3. The van der Waals surface area contributed by atoms with E-state index in [1.54, 1.807) is 30.3 Å². The molecule has 6 nitrogen and oxygen atoms in total. The molecule has 1 aromatic heterocycles. The molecular formula is C13H9NO5S. The standard InChI is InChI=1S/C13H9NO5S/c15-10(9-4-2-1-3-5-9)8-19-13(16)11-6-7-12(20-11)14(17)18/h1-7H,8H2. The number of nitrogens with zero attached hydrogens (tertiary/aromatic N) is 1. The third-order valence-electron chi connectivity index (χ3n) is 2.40. The van der Waals surface area contributed by atoms with Crippen LogP contribution in [0.4, 0.5) is 5.00 Å². The van der Waals surface area contributed by atoms with Gasteiger partial charge in [0.15, 0.2) is 12.4 Å². The topological polar surface area (TPSA) is 86.5 Å². The molecule has 1 heterocycles. The Kier molecular flexibility index (Phi) is 4.21.